The lowest BCUT2D eigenvalue weighted by Crippen LogP contribution is -2.50. The minimum atomic E-state index is -4.44. The summed E-state index contributed by atoms with van der Waals surface area (Å²) in [5.41, 5.74) is 0.896. The monoisotopic (exact) mass is 507 g/mol. The third kappa shape index (κ3) is 5.54. The lowest BCUT2D eigenvalue weighted by Gasteiger charge is -2.27. The van der Waals surface area contributed by atoms with Gasteiger partial charge in [-0.1, -0.05) is 10.4 Å². The smallest absolute Gasteiger partial charge is 0.338 e. The number of anilines is 1. The molecule has 2 fully saturated rings. The molecule has 0 radical (unpaired) electrons. The van der Waals surface area contributed by atoms with E-state index in [1.807, 2.05) is 0 Å². The van der Waals surface area contributed by atoms with Gasteiger partial charge in [0.05, 0.1) is 30.3 Å². The van der Waals surface area contributed by atoms with Crippen molar-refractivity contribution < 1.29 is 27.4 Å². The molecule has 0 saturated heterocycles. The first kappa shape index (κ1) is 23.9. The summed E-state index contributed by atoms with van der Waals surface area (Å²) in [6.07, 6.45) is 3.69. The van der Waals surface area contributed by atoms with E-state index < -0.39 is 30.6 Å². The fraction of sp³-hybridized carbons (Fsp3) is 0.571. The standard InChI is InChI=1S/C21H24F3N9O3/c1-11-17(30-36-29-11)19(34)28-18(16(12-2-3-12)13-4-5-13)20(35)27-14-6-26-32(8-14)9-15-7-25-31-33(15)10-21(22,23)24/h6-8,12-13,16,18H,2-5,9-10H2,1H3,(H,27,35)(H,28,34)/t18-/m0/s1. The van der Waals surface area contributed by atoms with Crippen LogP contribution in [-0.4, -0.2) is 59.1 Å². The highest BCUT2D eigenvalue weighted by Gasteiger charge is 2.48. The maximum Gasteiger partial charge on any atom is 0.408 e. The van der Waals surface area contributed by atoms with Crippen LogP contribution < -0.4 is 10.6 Å². The lowest BCUT2D eigenvalue weighted by atomic mass is 9.88. The van der Waals surface area contributed by atoms with Gasteiger partial charge >= 0.3 is 6.18 Å². The Kier molecular flexibility index (Phi) is 6.22. The number of rotatable bonds is 10. The van der Waals surface area contributed by atoms with Crippen LogP contribution in [0.5, 0.6) is 0 Å². The third-order valence-electron chi connectivity index (χ3n) is 6.41. The van der Waals surface area contributed by atoms with E-state index in [0.29, 0.717) is 23.2 Å². The molecule has 36 heavy (non-hydrogen) atoms. The van der Waals surface area contributed by atoms with Crippen molar-refractivity contribution in [3.05, 3.63) is 35.7 Å². The Balaban J connectivity index is 1.29. The number of halogens is 3. The van der Waals surface area contributed by atoms with E-state index in [4.69, 9.17) is 0 Å². The Bertz CT molecular complexity index is 1230. The summed E-state index contributed by atoms with van der Waals surface area (Å²) in [6, 6.07) is -0.797. The molecule has 3 aromatic heterocycles. The van der Waals surface area contributed by atoms with E-state index in [1.165, 1.54) is 23.3 Å². The lowest BCUT2D eigenvalue weighted by molar-refractivity contribution is -0.143. The van der Waals surface area contributed by atoms with Gasteiger partial charge in [-0.2, -0.15) is 18.3 Å². The summed E-state index contributed by atoms with van der Waals surface area (Å²) >= 11 is 0. The largest absolute Gasteiger partial charge is 0.408 e. The highest BCUT2D eigenvalue weighted by Crippen LogP contribution is 2.50. The molecule has 0 aliphatic heterocycles. The number of aryl methyl sites for hydroxylation is 1. The molecular weight excluding hydrogens is 483 g/mol. The zero-order chi connectivity index (χ0) is 25.4. The first-order valence-corrected chi connectivity index (χ1v) is 11.6. The van der Waals surface area contributed by atoms with Gasteiger partial charge in [-0.25, -0.2) is 9.31 Å². The molecule has 3 heterocycles. The molecule has 0 spiro atoms. The Morgan fingerprint density at radius 1 is 1.17 bits per heavy atom. The van der Waals surface area contributed by atoms with E-state index in [0.717, 1.165) is 30.4 Å². The zero-order valence-corrected chi connectivity index (χ0v) is 19.3. The summed E-state index contributed by atoms with van der Waals surface area (Å²) in [7, 11) is 0. The average molecular weight is 507 g/mol. The van der Waals surface area contributed by atoms with E-state index in [-0.39, 0.29) is 23.9 Å². The second kappa shape index (κ2) is 9.35. The topological polar surface area (TPSA) is 146 Å². The number of alkyl halides is 3. The van der Waals surface area contributed by atoms with Gasteiger partial charge in [-0.3, -0.25) is 14.3 Å². The summed E-state index contributed by atoms with van der Waals surface area (Å²) in [5.74, 6) is -0.235. The average Bonchev–Trinajstić information content (AvgIpc) is 3.70. The molecule has 15 heteroatoms. The van der Waals surface area contributed by atoms with Gasteiger partial charge < -0.3 is 10.6 Å². The maximum atomic E-state index is 13.4. The summed E-state index contributed by atoms with van der Waals surface area (Å²) < 4.78 is 45.0. The van der Waals surface area contributed by atoms with E-state index in [9.17, 15) is 22.8 Å². The normalized spacial score (nSPS) is 16.8. The number of hydrogen-bond donors (Lipinski definition) is 2. The van der Waals surface area contributed by atoms with Crippen LogP contribution >= 0.6 is 0 Å². The van der Waals surface area contributed by atoms with Gasteiger partial charge in [0, 0.05) is 6.20 Å². The molecule has 2 N–H and O–H groups in total. The van der Waals surface area contributed by atoms with Crippen LogP contribution in [0.25, 0.3) is 0 Å². The highest BCUT2D eigenvalue weighted by molar-refractivity contribution is 6.00. The molecule has 2 aliphatic rings. The van der Waals surface area contributed by atoms with Crippen LogP contribution in [0.15, 0.2) is 23.2 Å². The fourth-order valence-electron chi connectivity index (χ4n) is 4.48. The quantitative estimate of drug-likeness (QED) is 0.424. The van der Waals surface area contributed by atoms with Crippen LogP contribution in [0.4, 0.5) is 18.9 Å². The van der Waals surface area contributed by atoms with Crippen molar-refractivity contribution in [2.45, 2.75) is 57.9 Å². The van der Waals surface area contributed by atoms with Gasteiger partial charge in [0.25, 0.3) is 5.91 Å². The Morgan fingerprint density at radius 2 is 1.89 bits per heavy atom. The summed E-state index contributed by atoms with van der Waals surface area (Å²) in [5, 5.41) is 24.0. The minimum Gasteiger partial charge on any atom is -0.338 e. The molecule has 12 nitrogen and oxygen atoms in total. The highest BCUT2D eigenvalue weighted by atomic mass is 19.4. The molecule has 2 amide bonds. The summed E-state index contributed by atoms with van der Waals surface area (Å²) in [6.45, 7) is 0.299. The number of hydrogen-bond acceptors (Lipinski definition) is 8. The molecule has 0 unspecified atom stereocenters. The van der Waals surface area contributed by atoms with Crippen molar-refractivity contribution >= 4 is 17.5 Å². The molecule has 0 aromatic carbocycles. The Labute approximate surface area is 202 Å². The van der Waals surface area contributed by atoms with Crippen molar-refractivity contribution in [2.24, 2.45) is 17.8 Å². The maximum absolute atomic E-state index is 13.4. The Morgan fingerprint density at radius 3 is 2.50 bits per heavy atom. The fourth-order valence-corrected chi connectivity index (χ4v) is 4.48. The zero-order valence-electron chi connectivity index (χ0n) is 19.3. The van der Waals surface area contributed by atoms with Crippen molar-refractivity contribution in [3.8, 4) is 0 Å². The molecule has 0 bridgehead atoms. The summed E-state index contributed by atoms with van der Waals surface area (Å²) in [4.78, 5) is 26.2. The molecule has 2 aliphatic carbocycles. The van der Waals surface area contributed by atoms with Gasteiger partial charge in [0.1, 0.15) is 18.3 Å². The molecule has 1 atom stereocenters. The van der Waals surface area contributed by atoms with Gasteiger partial charge in [-0.05, 0) is 55.5 Å². The van der Waals surface area contributed by atoms with Crippen LogP contribution in [0.2, 0.25) is 0 Å². The predicted molar refractivity (Wildman–Crippen MR) is 115 cm³/mol. The van der Waals surface area contributed by atoms with Gasteiger partial charge in [0.2, 0.25) is 5.91 Å². The second-order valence-electron chi connectivity index (χ2n) is 9.32. The Hall–Kier alpha value is -3.78. The van der Waals surface area contributed by atoms with Crippen LogP contribution in [0, 0.1) is 24.7 Å². The van der Waals surface area contributed by atoms with E-state index in [1.54, 1.807) is 6.92 Å². The molecule has 3 aromatic rings. The van der Waals surface area contributed by atoms with Gasteiger partial charge in [-0.15, -0.1) is 5.10 Å². The number of carbonyl (C=O) groups excluding carboxylic acids is 2. The van der Waals surface area contributed by atoms with Gasteiger partial charge in [0.15, 0.2) is 5.69 Å². The first-order valence-electron chi connectivity index (χ1n) is 11.6. The van der Waals surface area contributed by atoms with Crippen LogP contribution in [-0.2, 0) is 17.9 Å². The number of nitrogens with zero attached hydrogens (tertiary/aromatic N) is 7. The molecule has 192 valence electrons. The third-order valence-corrected chi connectivity index (χ3v) is 6.41. The second-order valence-corrected chi connectivity index (χ2v) is 9.32. The number of nitrogens with one attached hydrogen (secondary N) is 2. The number of carbonyl (C=O) groups is 2. The SMILES string of the molecule is Cc1nonc1C(=O)N[C@H](C(=O)Nc1cnn(Cc2cnnn2CC(F)(F)F)c1)C(C1CC1)C1CC1. The van der Waals surface area contributed by atoms with Crippen LogP contribution in [0.3, 0.4) is 0 Å². The molecular formula is C21H24F3N9O3. The van der Waals surface area contributed by atoms with Crippen molar-refractivity contribution in [2.75, 3.05) is 5.32 Å². The van der Waals surface area contributed by atoms with E-state index >= 15 is 0 Å². The first-order chi connectivity index (χ1) is 17.2. The number of aromatic nitrogens is 7. The van der Waals surface area contributed by atoms with Crippen molar-refractivity contribution in [1.82, 2.24) is 40.4 Å². The van der Waals surface area contributed by atoms with Crippen LogP contribution in [0.1, 0.15) is 47.6 Å². The van der Waals surface area contributed by atoms with Crippen molar-refractivity contribution in [3.63, 3.8) is 0 Å². The van der Waals surface area contributed by atoms with Crippen molar-refractivity contribution in [1.29, 1.82) is 0 Å². The molecule has 2 saturated carbocycles. The predicted octanol–water partition coefficient (Wildman–Crippen LogP) is 1.95. The van der Waals surface area contributed by atoms with E-state index in [2.05, 4.69) is 41.0 Å². The molecule has 5 rings (SSSR count). The minimum absolute atomic E-state index is 0.00745. The number of amides is 2.